The Morgan fingerprint density at radius 1 is 1.47 bits per heavy atom. The SMILES string of the molecule is CCCCC(C)NC(=O)C1CCc2ccccc2N1. The fraction of sp³-hybridized carbons (Fsp3) is 0.562. The van der Waals surface area contributed by atoms with Gasteiger partial charge in [0.1, 0.15) is 6.04 Å². The van der Waals surface area contributed by atoms with Crippen molar-refractivity contribution in [3.05, 3.63) is 29.8 Å². The fourth-order valence-electron chi connectivity index (χ4n) is 2.56. The van der Waals surface area contributed by atoms with Crippen LogP contribution in [0.15, 0.2) is 24.3 Å². The molecule has 0 fully saturated rings. The third-order valence-electron chi connectivity index (χ3n) is 3.75. The number of anilines is 1. The van der Waals surface area contributed by atoms with Crippen LogP contribution in [0, 0.1) is 0 Å². The molecular formula is C16H24N2O. The Morgan fingerprint density at radius 3 is 3.05 bits per heavy atom. The van der Waals surface area contributed by atoms with E-state index in [4.69, 9.17) is 0 Å². The molecule has 1 aliphatic heterocycles. The Hall–Kier alpha value is -1.51. The highest BCUT2D eigenvalue weighted by Crippen LogP contribution is 2.24. The average molecular weight is 260 g/mol. The highest BCUT2D eigenvalue weighted by molar-refractivity contribution is 5.85. The minimum atomic E-state index is -0.0843. The number of carbonyl (C=O) groups is 1. The maximum absolute atomic E-state index is 12.2. The summed E-state index contributed by atoms with van der Waals surface area (Å²) in [5.41, 5.74) is 2.42. The van der Waals surface area contributed by atoms with E-state index in [1.807, 2.05) is 12.1 Å². The number of nitrogens with one attached hydrogen (secondary N) is 2. The van der Waals surface area contributed by atoms with Crippen molar-refractivity contribution in [3.63, 3.8) is 0 Å². The smallest absolute Gasteiger partial charge is 0.242 e. The first-order chi connectivity index (χ1) is 9.20. The topological polar surface area (TPSA) is 41.1 Å². The van der Waals surface area contributed by atoms with Crippen molar-refractivity contribution in [2.45, 2.75) is 58.0 Å². The molecule has 104 valence electrons. The lowest BCUT2D eigenvalue weighted by atomic mass is 9.97. The number of amides is 1. The first-order valence-electron chi connectivity index (χ1n) is 7.35. The monoisotopic (exact) mass is 260 g/mol. The summed E-state index contributed by atoms with van der Waals surface area (Å²) < 4.78 is 0. The van der Waals surface area contributed by atoms with Crippen LogP contribution in [0.1, 0.15) is 45.1 Å². The molecule has 0 saturated heterocycles. The molecule has 0 aromatic heterocycles. The van der Waals surface area contributed by atoms with Crippen molar-refractivity contribution in [2.75, 3.05) is 5.32 Å². The molecule has 2 unspecified atom stereocenters. The lowest BCUT2D eigenvalue weighted by Gasteiger charge is -2.27. The van der Waals surface area contributed by atoms with Crippen LogP contribution in [0.25, 0.3) is 0 Å². The second-order valence-electron chi connectivity index (χ2n) is 5.44. The van der Waals surface area contributed by atoms with Crippen LogP contribution in [0.4, 0.5) is 5.69 Å². The zero-order valence-electron chi connectivity index (χ0n) is 11.9. The quantitative estimate of drug-likeness (QED) is 0.854. The van der Waals surface area contributed by atoms with Gasteiger partial charge < -0.3 is 10.6 Å². The second kappa shape index (κ2) is 6.60. The minimum Gasteiger partial charge on any atom is -0.373 e. The van der Waals surface area contributed by atoms with E-state index in [-0.39, 0.29) is 18.0 Å². The number of aryl methyl sites for hydroxylation is 1. The van der Waals surface area contributed by atoms with E-state index < -0.39 is 0 Å². The normalized spacial score (nSPS) is 19.2. The summed E-state index contributed by atoms with van der Waals surface area (Å²) in [6, 6.07) is 8.42. The zero-order chi connectivity index (χ0) is 13.7. The van der Waals surface area contributed by atoms with E-state index in [1.54, 1.807) is 0 Å². The fourth-order valence-corrected chi connectivity index (χ4v) is 2.56. The Bertz CT molecular complexity index is 431. The van der Waals surface area contributed by atoms with Crippen LogP contribution >= 0.6 is 0 Å². The van der Waals surface area contributed by atoms with Crippen molar-refractivity contribution >= 4 is 11.6 Å². The van der Waals surface area contributed by atoms with Gasteiger partial charge in [-0.15, -0.1) is 0 Å². The molecular weight excluding hydrogens is 236 g/mol. The summed E-state index contributed by atoms with van der Waals surface area (Å²) >= 11 is 0. The van der Waals surface area contributed by atoms with E-state index in [0.29, 0.717) is 0 Å². The van der Waals surface area contributed by atoms with Gasteiger partial charge in [-0.2, -0.15) is 0 Å². The van der Waals surface area contributed by atoms with Gasteiger partial charge >= 0.3 is 0 Å². The van der Waals surface area contributed by atoms with Crippen LogP contribution in [0.3, 0.4) is 0 Å². The zero-order valence-corrected chi connectivity index (χ0v) is 11.9. The van der Waals surface area contributed by atoms with Gasteiger partial charge in [0.15, 0.2) is 0 Å². The standard InChI is InChI=1S/C16H24N2O/c1-3-4-7-12(2)17-16(19)15-11-10-13-8-5-6-9-14(13)18-15/h5-6,8-9,12,15,18H,3-4,7,10-11H2,1-2H3,(H,17,19). The summed E-state index contributed by atoms with van der Waals surface area (Å²) in [4.78, 5) is 12.2. The van der Waals surface area contributed by atoms with Crippen LogP contribution in [0.2, 0.25) is 0 Å². The molecule has 2 rings (SSSR count). The molecule has 0 saturated carbocycles. The summed E-state index contributed by atoms with van der Waals surface area (Å²) in [5.74, 6) is 0.137. The van der Waals surface area contributed by atoms with Crippen LogP contribution < -0.4 is 10.6 Å². The first kappa shape index (κ1) is 13.9. The number of unbranched alkanes of at least 4 members (excludes halogenated alkanes) is 1. The number of carbonyl (C=O) groups excluding carboxylic acids is 1. The lowest BCUT2D eigenvalue weighted by Crippen LogP contribution is -2.45. The van der Waals surface area contributed by atoms with Gasteiger partial charge in [-0.05, 0) is 37.8 Å². The molecule has 3 heteroatoms. The van der Waals surface area contributed by atoms with Gasteiger partial charge in [-0.1, -0.05) is 38.0 Å². The Kier molecular flexibility index (Phi) is 4.83. The third-order valence-corrected chi connectivity index (χ3v) is 3.75. The van der Waals surface area contributed by atoms with E-state index in [2.05, 4.69) is 36.6 Å². The van der Waals surface area contributed by atoms with Crippen molar-refractivity contribution < 1.29 is 4.79 Å². The predicted octanol–water partition coefficient (Wildman–Crippen LogP) is 3.11. The van der Waals surface area contributed by atoms with E-state index in [1.165, 1.54) is 18.4 Å². The van der Waals surface area contributed by atoms with Gasteiger partial charge in [-0.25, -0.2) is 0 Å². The molecule has 1 aromatic carbocycles. The van der Waals surface area contributed by atoms with Crippen molar-refractivity contribution in [2.24, 2.45) is 0 Å². The average Bonchev–Trinajstić information content (AvgIpc) is 2.44. The highest BCUT2D eigenvalue weighted by Gasteiger charge is 2.24. The Morgan fingerprint density at radius 2 is 2.26 bits per heavy atom. The van der Waals surface area contributed by atoms with Crippen molar-refractivity contribution in [1.82, 2.24) is 5.32 Å². The van der Waals surface area contributed by atoms with Crippen molar-refractivity contribution in [3.8, 4) is 0 Å². The number of para-hydroxylation sites is 1. The summed E-state index contributed by atoms with van der Waals surface area (Å²) in [6.45, 7) is 4.26. The molecule has 1 amide bonds. The minimum absolute atomic E-state index is 0.0843. The summed E-state index contributed by atoms with van der Waals surface area (Å²) in [5, 5.41) is 6.46. The second-order valence-corrected chi connectivity index (χ2v) is 5.44. The number of benzene rings is 1. The molecule has 3 nitrogen and oxygen atoms in total. The first-order valence-corrected chi connectivity index (χ1v) is 7.35. The maximum Gasteiger partial charge on any atom is 0.242 e. The largest absolute Gasteiger partial charge is 0.373 e. The molecule has 2 N–H and O–H groups in total. The molecule has 19 heavy (non-hydrogen) atoms. The molecule has 0 bridgehead atoms. The Labute approximate surface area is 115 Å². The van der Waals surface area contributed by atoms with Gasteiger partial charge in [0.2, 0.25) is 5.91 Å². The van der Waals surface area contributed by atoms with Gasteiger partial charge in [0, 0.05) is 11.7 Å². The van der Waals surface area contributed by atoms with Gasteiger partial charge in [0.05, 0.1) is 0 Å². The number of hydrogen-bond donors (Lipinski definition) is 2. The third kappa shape index (κ3) is 3.72. The number of rotatable bonds is 5. The number of hydrogen-bond acceptors (Lipinski definition) is 2. The summed E-state index contributed by atoms with van der Waals surface area (Å²) in [6.07, 6.45) is 5.26. The van der Waals surface area contributed by atoms with E-state index in [9.17, 15) is 4.79 Å². The van der Waals surface area contributed by atoms with E-state index >= 15 is 0 Å². The highest BCUT2D eigenvalue weighted by atomic mass is 16.2. The molecule has 0 spiro atoms. The summed E-state index contributed by atoms with van der Waals surface area (Å²) in [7, 11) is 0. The van der Waals surface area contributed by atoms with Crippen LogP contribution in [-0.2, 0) is 11.2 Å². The number of fused-ring (bicyclic) bond motifs is 1. The van der Waals surface area contributed by atoms with E-state index in [0.717, 1.165) is 24.9 Å². The molecule has 0 radical (unpaired) electrons. The molecule has 1 aliphatic rings. The van der Waals surface area contributed by atoms with Crippen LogP contribution in [-0.4, -0.2) is 18.0 Å². The van der Waals surface area contributed by atoms with Gasteiger partial charge in [-0.3, -0.25) is 4.79 Å². The molecule has 1 heterocycles. The molecule has 2 atom stereocenters. The predicted molar refractivity (Wildman–Crippen MR) is 79.3 cm³/mol. The maximum atomic E-state index is 12.2. The lowest BCUT2D eigenvalue weighted by molar-refractivity contribution is -0.122. The van der Waals surface area contributed by atoms with Crippen molar-refractivity contribution in [1.29, 1.82) is 0 Å². The molecule has 0 aliphatic carbocycles. The van der Waals surface area contributed by atoms with Gasteiger partial charge in [0.25, 0.3) is 0 Å². The molecule has 1 aromatic rings. The van der Waals surface area contributed by atoms with Crippen LogP contribution in [0.5, 0.6) is 0 Å². The Balaban J connectivity index is 1.88.